The predicted octanol–water partition coefficient (Wildman–Crippen LogP) is 3.54. The van der Waals surface area contributed by atoms with Crippen molar-refractivity contribution >= 4 is 21.8 Å². The SMILES string of the molecule is CC(NC(=O)c1ccc2c(c1)CNC2)c1ccccc1Br. The van der Waals surface area contributed by atoms with Gasteiger partial charge in [0.05, 0.1) is 6.04 Å². The van der Waals surface area contributed by atoms with E-state index in [1.54, 1.807) is 0 Å². The zero-order chi connectivity index (χ0) is 14.8. The minimum absolute atomic E-state index is 0.0343. The summed E-state index contributed by atoms with van der Waals surface area (Å²) in [6.45, 7) is 3.73. The monoisotopic (exact) mass is 344 g/mol. The Hall–Kier alpha value is -1.65. The fourth-order valence-corrected chi connectivity index (χ4v) is 3.25. The Morgan fingerprint density at radius 2 is 1.95 bits per heavy atom. The summed E-state index contributed by atoms with van der Waals surface area (Å²) in [6.07, 6.45) is 0. The molecule has 3 nitrogen and oxygen atoms in total. The van der Waals surface area contributed by atoms with Crippen LogP contribution in [0.1, 0.15) is 40.0 Å². The van der Waals surface area contributed by atoms with Gasteiger partial charge in [0.15, 0.2) is 0 Å². The van der Waals surface area contributed by atoms with Gasteiger partial charge in [-0.3, -0.25) is 4.79 Å². The smallest absolute Gasteiger partial charge is 0.251 e. The van der Waals surface area contributed by atoms with Gasteiger partial charge in [-0.1, -0.05) is 40.2 Å². The fourth-order valence-electron chi connectivity index (χ4n) is 2.62. The number of fused-ring (bicyclic) bond motifs is 1. The molecule has 0 radical (unpaired) electrons. The Bertz CT molecular complexity index is 684. The van der Waals surface area contributed by atoms with Crippen molar-refractivity contribution in [2.24, 2.45) is 0 Å². The molecule has 3 rings (SSSR count). The van der Waals surface area contributed by atoms with Crippen LogP contribution in [0.2, 0.25) is 0 Å². The molecular weight excluding hydrogens is 328 g/mol. The van der Waals surface area contributed by atoms with Crippen LogP contribution in [-0.2, 0) is 13.1 Å². The Balaban J connectivity index is 1.76. The van der Waals surface area contributed by atoms with Crippen molar-refractivity contribution in [1.29, 1.82) is 0 Å². The van der Waals surface area contributed by atoms with Gasteiger partial charge >= 0.3 is 0 Å². The molecule has 1 aliphatic heterocycles. The van der Waals surface area contributed by atoms with Gasteiger partial charge in [0.1, 0.15) is 0 Å². The highest BCUT2D eigenvalue weighted by molar-refractivity contribution is 9.10. The van der Waals surface area contributed by atoms with E-state index in [2.05, 4.69) is 26.6 Å². The predicted molar refractivity (Wildman–Crippen MR) is 87.0 cm³/mol. The molecule has 1 heterocycles. The van der Waals surface area contributed by atoms with E-state index in [1.165, 1.54) is 11.1 Å². The molecule has 0 aromatic heterocycles. The zero-order valence-electron chi connectivity index (χ0n) is 11.8. The maximum absolute atomic E-state index is 12.4. The first-order chi connectivity index (χ1) is 10.1. The van der Waals surface area contributed by atoms with Gasteiger partial charge in [-0.2, -0.15) is 0 Å². The molecule has 0 fully saturated rings. The minimum atomic E-state index is -0.0422. The van der Waals surface area contributed by atoms with Crippen LogP contribution < -0.4 is 10.6 Å². The lowest BCUT2D eigenvalue weighted by molar-refractivity contribution is 0.0939. The molecule has 1 aliphatic rings. The van der Waals surface area contributed by atoms with Gasteiger partial charge in [0.25, 0.3) is 5.91 Å². The summed E-state index contributed by atoms with van der Waals surface area (Å²) < 4.78 is 1.01. The largest absolute Gasteiger partial charge is 0.345 e. The van der Waals surface area contributed by atoms with Crippen molar-refractivity contribution in [3.63, 3.8) is 0 Å². The molecule has 0 bridgehead atoms. The molecule has 2 aromatic rings. The minimum Gasteiger partial charge on any atom is -0.345 e. The van der Waals surface area contributed by atoms with Gasteiger partial charge in [-0.15, -0.1) is 0 Å². The number of amides is 1. The highest BCUT2D eigenvalue weighted by atomic mass is 79.9. The van der Waals surface area contributed by atoms with E-state index in [0.29, 0.717) is 0 Å². The number of carbonyl (C=O) groups is 1. The van der Waals surface area contributed by atoms with Gasteiger partial charge in [-0.25, -0.2) is 0 Å². The van der Waals surface area contributed by atoms with Crippen LogP contribution in [0.25, 0.3) is 0 Å². The molecule has 1 unspecified atom stereocenters. The maximum atomic E-state index is 12.4. The average molecular weight is 345 g/mol. The van der Waals surface area contributed by atoms with Crippen LogP contribution in [0.5, 0.6) is 0 Å². The standard InChI is InChI=1S/C17H17BrN2O/c1-11(15-4-2-3-5-16(15)18)20-17(21)12-6-7-13-9-19-10-14(13)8-12/h2-8,11,19H,9-10H2,1H3,(H,20,21). The molecule has 4 heteroatoms. The van der Waals surface area contributed by atoms with Crippen molar-refractivity contribution in [3.05, 3.63) is 69.2 Å². The molecule has 0 saturated carbocycles. The summed E-state index contributed by atoms with van der Waals surface area (Å²) in [6, 6.07) is 13.8. The van der Waals surface area contributed by atoms with Gasteiger partial charge in [-0.05, 0) is 41.8 Å². The second kappa shape index (κ2) is 6.00. The lowest BCUT2D eigenvalue weighted by Crippen LogP contribution is -2.27. The summed E-state index contributed by atoms with van der Waals surface area (Å²) in [5.74, 6) is -0.0343. The lowest BCUT2D eigenvalue weighted by Gasteiger charge is -2.16. The van der Waals surface area contributed by atoms with Crippen LogP contribution in [0.3, 0.4) is 0 Å². The number of hydrogen-bond donors (Lipinski definition) is 2. The molecule has 108 valence electrons. The van der Waals surface area contributed by atoms with Crippen molar-refractivity contribution in [1.82, 2.24) is 10.6 Å². The Labute approximate surface area is 132 Å². The molecule has 0 aliphatic carbocycles. The first-order valence-corrected chi connectivity index (χ1v) is 7.82. The number of nitrogens with one attached hydrogen (secondary N) is 2. The van der Waals surface area contributed by atoms with E-state index in [-0.39, 0.29) is 11.9 Å². The third-order valence-electron chi connectivity index (χ3n) is 3.82. The number of rotatable bonds is 3. The number of benzene rings is 2. The molecule has 2 N–H and O–H groups in total. The van der Waals surface area contributed by atoms with Crippen molar-refractivity contribution in [2.45, 2.75) is 26.1 Å². The van der Waals surface area contributed by atoms with Crippen molar-refractivity contribution in [3.8, 4) is 0 Å². The first-order valence-electron chi connectivity index (χ1n) is 7.03. The molecule has 21 heavy (non-hydrogen) atoms. The van der Waals surface area contributed by atoms with Crippen LogP contribution in [-0.4, -0.2) is 5.91 Å². The lowest BCUT2D eigenvalue weighted by atomic mass is 10.0. The normalized spacial score (nSPS) is 14.6. The highest BCUT2D eigenvalue weighted by Crippen LogP contribution is 2.23. The quantitative estimate of drug-likeness (QED) is 0.893. The van der Waals surface area contributed by atoms with Gasteiger partial charge in [0, 0.05) is 23.1 Å². The van der Waals surface area contributed by atoms with Gasteiger partial charge < -0.3 is 10.6 Å². The Morgan fingerprint density at radius 1 is 1.19 bits per heavy atom. The number of halogens is 1. The number of hydrogen-bond acceptors (Lipinski definition) is 2. The van der Waals surface area contributed by atoms with E-state index in [9.17, 15) is 4.79 Å². The first kappa shape index (κ1) is 14.3. The van der Waals surface area contributed by atoms with E-state index >= 15 is 0 Å². The summed E-state index contributed by atoms with van der Waals surface area (Å²) in [4.78, 5) is 12.4. The second-order valence-electron chi connectivity index (χ2n) is 5.30. The Kier molecular flexibility index (Phi) is 4.08. The van der Waals surface area contributed by atoms with E-state index in [1.807, 2.05) is 49.4 Å². The molecule has 1 amide bonds. The summed E-state index contributed by atoms with van der Waals surface area (Å²) >= 11 is 3.52. The fraction of sp³-hybridized carbons (Fsp3) is 0.235. The molecule has 0 spiro atoms. The van der Waals surface area contributed by atoms with Crippen LogP contribution in [0, 0.1) is 0 Å². The van der Waals surface area contributed by atoms with Crippen LogP contribution >= 0.6 is 15.9 Å². The van der Waals surface area contributed by atoms with Gasteiger partial charge in [0.2, 0.25) is 0 Å². The average Bonchev–Trinajstić information content (AvgIpc) is 2.94. The van der Waals surface area contributed by atoms with Crippen LogP contribution in [0.4, 0.5) is 0 Å². The van der Waals surface area contributed by atoms with E-state index in [4.69, 9.17) is 0 Å². The summed E-state index contributed by atoms with van der Waals surface area (Å²) in [5.41, 5.74) is 4.30. The molecular formula is C17H17BrN2O. The molecule has 0 saturated heterocycles. The third kappa shape index (κ3) is 3.01. The van der Waals surface area contributed by atoms with E-state index < -0.39 is 0 Å². The zero-order valence-corrected chi connectivity index (χ0v) is 13.4. The third-order valence-corrected chi connectivity index (χ3v) is 4.54. The molecule has 2 aromatic carbocycles. The molecule has 1 atom stereocenters. The second-order valence-corrected chi connectivity index (χ2v) is 6.16. The van der Waals surface area contributed by atoms with Crippen LogP contribution in [0.15, 0.2) is 46.9 Å². The van der Waals surface area contributed by atoms with Crippen molar-refractivity contribution < 1.29 is 4.79 Å². The topological polar surface area (TPSA) is 41.1 Å². The highest BCUT2D eigenvalue weighted by Gasteiger charge is 2.16. The number of carbonyl (C=O) groups excluding carboxylic acids is 1. The van der Waals surface area contributed by atoms with Crippen molar-refractivity contribution in [2.75, 3.05) is 0 Å². The Morgan fingerprint density at radius 3 is 2.76 bits per heavy atom. The van der Waals surface area contributed by atoms with E-state index in [0.717, 1.165) is 28.7 Å². The summed E-state index contributed by atoms with van der Waals surface area (Å²) in [7, 11) is 0. The maximum Gasteiger partial charge on any atom is 0.251 e. The summed E-state index contributed by atoms with van der Waals surface area (Å²) in [5, 5.41) is 6.35.